The van der Waals surface area contributed by atoms with Crippen LogP contribution in [0.2, 0.25) is 0 Å². The summed E-state index contributed by atoms with van der Waals surface area (Å²) in [6.07, 6.45) is 8.51. The van der Waals surface area contributed by atoms with Crippen molar-refractivity contribution in [2.45, 2.75) is 83.8 Å². The number of aromatic nitrogens is 5. The van der Waals surface area contributed by atoms with E-state index in [4.69, 9.17) is 9.97 Å². The number of carbonyl (C=O) groups is 1. The Labute approximate surface area is 275 Å². The third kappa shape index (κ3) is 4.92. The van der Waals surface area contributed by atoms with E-state index in [0.29, 0.717) is 29.8 Å². The highest BCUT2D eigenvalue weighted by Crippen LogP contribution is 2.59. The maximum absolute atomic E-state index is 11.8. The molecule has 2 saturated heterocycles. The second-order valence-electron chi connectivity index (χ2n) is 15.4. The summed E-state index contributed by atoms with van der Waals surface area (Å²) < 4.78 is 0. The average Bonchev–Trinajstić information content (AvgIpc) is 3.39. The molecule has 2 atom stereocenters. The Kier molecular flexibility index (Phi) is 6.98. The number of hydrogen-bond acceptors (Lipinski definition) is 8. The summed E-state index contributed by atoms with van der Waals surface area (Å²) in [4.78, 5) is 31.6. The SMILES string of the molecule is C[C@H]1c2c([nH]c3nnc(-c4ccccc4O)cc23)CCN1c1ncc(C2CCN(C3CC4(C3)CN(C(=O)O)[C@H]4C(C)(C)C)CC2)cn1. The van der Waals surface area contributed by atoms with Crippen molar-refractivity contribution in [2.75, 3.05) is 31.1 Å². The summed E-state index contributed by atoms with van der Waals surface area (Å²) >= 11 is 0. The van der Waals surface area contributed by atoms with Crippen LogP contribution < -0.4 is 4.90 Å². The summed E-state index contributed by atoms with van der Waals surface area (Å²) in [5.74, 6) is 1.38. The van der Waals surface area contributed by atoms with Gasteiger partial charge in [-0.2, -0.15) is 0 Å². The van der Waals surface area contributed by atoms with Gasteiger partial charge in [-0.25, -0.2) is 14.8 Å². The number of piperidine rings is 1. The molecule has 1 spiro atoms. The van der Waals surface area contributed by atoms with Gasteiger partial charge in [-0.3, -0.25) is 0 Å². The number of phenols is 1. The quantitative estimate of drug-likeness (QED) is 0.247. The standard InChI is InChI=1S/C36H44N8O3/c1-21-30-26-15-28(25-7-5-6-8-29(25)45)40-41-31(26)39-27(30)11-14-43(21)33-37-18-23(19-38-33)22-9-12-42(13-10-22)24-16-36(17-24)20-44(34(46)47)32(36)35(2,3)4/h5-8,15,18-19,21-22,24,32,45H,9-14,16-17,20H2,1-4H3,(H,39,41)(H,46,47)/t21-,24?,32-,36?/m0/s1. The average molecular weight is 637 g/mol. The van der Waals surface area contributed by atoms with Crippen molar-refractivity contribution < 1.29 is 15.0 Å². The zero-order valence-corrected chi connectivity index (χ0v) is 27.6. The lowest BCUT2D eigenvalue weighted by molar-refractivity contribution is -0.180. The van der Waals surface area contributed by atoms with Crippen LogP contribution in [0, 0.1) is 10.8 Å². The number of aromatic amines is 1. The molecule has 4 aromatic rings. The number of aromatic hydroxyl groups is 1. The molecule has 3 N–H and O–H groups in total. The third-order valence-corrected chi connectivity index (χ3v) is 11.5. The molecule has 8 rings (SSSR count). The van der Waals surface area contributed by atoms with Gasteiger partial charge in [-0.1, -0.05) is 32.9 Å². The molecule has 11 nitrogen and oxygen atoms in total. The molecule has 47 heavy (non-hydrogen) atoms. The molecule has 0 bridgehead atoms. The minimum absolute atomic E-state index is 0.0457. The predicted octanol–water partition coefficient (Wildman–Crippen LogP) is 5.98. The highest BCUT2D eigenvalue weighted by molar-refractivity contribution is 5.86. The molecule has 0 radical (unpaired) electrons. The number of amides is 1. The van der Waals surface area contributed by atoms with E-state index in [1.54, 1.807) is 17.0 Å². The normalized spacial score (nSPS) is 26.7. The smallest absolute Gasteiger partial charge is 0.407 e. The van der Waals surface area contributed by atoms with Crippen molar-refractivity contribution in [3.05, 3.63) is 59.5 Å². The van der Waals surface area contributed by atoms with Gasteiger partial charge in [0.1, 0.15) is 5.75 Å². The third-order valence-electron chi connectivity index (χ3n) is 11.5. The molecular weight excluding hydrogens is 592 g/mol. The van der Waals surface area contributed by atoms with Gasteiger partial charge in [0.15, 0.2) is 5.65 Å². The number of anilines is 1. The van der Waals surface area contributed by atoms with Crippen LogP contribution in [-0.2, 0) is 6.42 Å². The summed E-state index contributed by atoms with van der Waals surface area (Å²) in [6, 6.07) is 9.95. The fraction of sp³-hybridized carbons (Fsp3) is 0.528. The van der Waals surface area contributed by atoms with E-state index in [1.807, 2.05) is 30.6 Å². The van der Waals surface area contributed by atoms with Crippen LogP contribution in [0.3, 0.4) is 0 Å². The van der Waals surface area contributed by atoms with Gasteiger partial charge >= 0.3 is 6.09 Å². The first-order valence-corrected chi connectivity index (χ1v) is 17.0. The van der Waals surface area contributed by atoms with Crippen LogP contribution in [0.25, 0.3) is 22.3 Å². The summed E-state index contributed by atoms with van der Waals surface area (Å²) in [5, 5.41) is 30.0. The molecular formula is C36H44N8O3. The molecule has 1 aliphatic carbocycles. The van der Waals surface area contributed by atoms with Crippen molar-refractivity contribution in [1.82, 2.24) is 34.9 Å². The van der Waals surface area contributed by atoms with Gasteiger partial charge < -0.3 is 29.9 Å². The zero-order valence-electron chi connectivity index (χ0n) is 27.6. The molecule has 3 aliphatic heterocycles. The molecule has 4 aliphatic rings. The van der Waals surface area contributed by atoms with E-state index in [-0.39, 0.29) is 28.7 Å². The van der Waals surface area contributed by atoms with E-state index in [9.17, 15) is 15.0 Å². The zero-order chi connectivity index (χ0) is 32.7. The summed E-state index contributed by atoms with van der Waals surface area (Å²) in [5.41, 5.74) is 5.73. The predicted molar refractivity (Wildman–Crippen MR) is 179 cm³/mol. The fourth-order valence-electron chi connectivity index (χ4n) is 9.49. The number of nitrogens with one attached hydrogen (secondary N) is 1. The lowest BCUT2D eigenvalue weighted by atomic mass is 9.50. The first kappa shape index (κ1) is 30.1. The minimum atomic E-state index is -0.778. The number of H-pyrrole nitrogens is 1. The second-order valence-corrected chi connectivity index (χ2v) is 15.4. The Hall–Kier alpha value is -4.25. The Morgan fingerprint density at radius 3 is 2.45 bits per heavy atom. The first-order valence-electron chi connectivity index (χ1n) is 17.0. The molecule has 3 fully saturated rings. The van der Waals surface area contributed by atoms with Crippen LogP contribution in [0.5, 0.6) is 5.75 Å². The number of likely N-dealkylation sites (tertiary alicyclic amines) is 2. The van der Waals surface area contributed by atoms with Crippen molar-refractivity contribution in [3.8, 4) is 17.0 Å². The minimum Gasteiger partial charge on any atom is -0.507 e. The lowest BCUT2D eigenvalue weighted by Gasteiger charge is -2.68. The highest BCUT2D eigenvalue weighted by atomic mass is 16.4. The van der Waals surface area contributed by atoms with Gasteiger partial charge in [0.05, 0.1) is 11.7 Å². The molecule has 1 aromatic carbocycles. The number of carboxylic acid groups (broad SMARTS) is 1. The monoisotopic (exact) mass is 636 g/mol. The molecule has 1 saturated carbocycles. The fourth-order valence-corrected chi connectivity index (χ4v) is 9.49. The Bertz CT molecular complexity index is 1820. The van der Waals surface area contributed by atoms with Gasteiger partial charge in [0, 0.05) is 71.6 Å². The number of para-hydroxylation sites is 1. The van der Waals surface area contributed by atoms with Gasteiger partial charge in [-0.05, 0) is 80.8 Å². The molecule has 0 unspecified atom stereocenters. The topological polar surface area (TPSA) is 135 Å². The maximum atomic E-state index is 11.8. The van der Waals surface area contributed by atoms with Crippen molar-refractivity contribution in [3.63, 3.8) is 0 Å². The molecule has 3 aromatic heterocycles. The van der Waals surface area contributed by atoms with Crippen LogP contribution in [0.15, 0.2) is 42.7 Å². The molecule has 11 heteroatoms. The van der Waals surface area contributed by atoms with Gasteiger partial charge in [0.2, 0.25) is 5.95 Å². The van der Waals surface area contributed by atoms with E-state index in [2.05, 4.69) is 52.7 Å². The second kappa shape index (κ2) is 10.9. The molecule has 246 valence electrons. The molecule has 6 heterocycles. The van der Waals surface area contributed by atoms with Crippen molar-refractivity contribution >= 4 is 23.1 Å². The Morgan fingerprint density at radius 1 is 1.04 bits per heavy atom. The van der Waals surface area contributed by atoms with Gasteiger partial charge in [0.25, 0.3) is 0 Å². The molecule has 1 amide bonds. The van der Waals surface area contributed by atoms with E-state index >= 15 is 0 Å². The summed E-state index contributed by atoms with van der Waals surface area (Å²) in [7, 11) is 0. The number of phenolic OH excluding ortho intramolecular Hbond substituents is 1. The number of benzene rings is 1. The van der Waals surface area contributed by atoms with Crippen LogP contribution >= 0.6 is 0 Å². The van der Waals surface area contributed by atoms with Crippen LogP contribution in [-0.4, -0.2) is 89.5 Å². The van der Waals surface area contributed by atoms with Gasteiger partial charge in [-0.15, -0.1) is 10.2 Å². The first-order chi connectivity index (χ1) is 22.5. The summed E-state index contributed by atoms with van der Waals surface area (Å²) in [6.45, 7) is 12.3. The van der Waals surface area contributed by atoms with E-state index < -0.39 is 6.09 Å². The highest BCUT2D eigenvalue weighted by Gasteiger charge is 2.64. The largest absolute Gasteiger partial charge is 0.507 e. The number of rotatable bonds is 4. The van der Waals surface area contributed by atoms with Crippen molar-refractivity contribution in [2.24, 2.45) is 10.8 Å². The lowest BCUT2D eigenvalue weighted by Crippen LogP contribution is -2.76. The maximum Gasteiger partial charge on any atom is 0.407 e. The van der Waals surface area contributed by atoms with E-state index in [1.165, 1.54) is 16.8 Å². The number of hydrogen-bond donors (Lipinski definition) is 3. The number of nitrogens with zero attached hydrogens (tertiary/aromatic N) is 7. The van der Waals surface area contributed by atoms with Crippen LogP contribution in [0.1, 0.15) is 82.2 Å². The van der Waals surface area contributed by atoms with E-state index in [0.717, 1.165) is 68.7 Å². The number of fused-ring (bicyclic) bond motifs is 3. The van der Waals surface area contributed by atoms with Crippen molar-refractivity contribution in [1.29, 1.82) is 0 Å². The Balaban J connectivity index is 0.917. The Morgan fingerprint density at radius 2 is 1.77 bits per heavy atom. The van der Waals surface area contributed by atoms with Crippen LogP contribution in [0.4, 0.5) is 10.7 Å².